The summed E-state index contributed by atoms with van der Waals surface area (Å²) in [4.78, 5) is 24.9. The molecule has 2 aromatic carbocycles. The molecule has 10 heteroatoms. The van der Waals surface area contributed by atoms with E-state index in [1.54, 1.807) is 36.4 Å². The maximum absolute atomic E-state index is 13.5. The van der Waals surface area contributed by atoms with Crippen molar-refractivity contribution in [3.05, 3.63) is 71.2 Å². The first-order chi connectivity index (χ1) is 15.6. The van der Waals surface area contributed by atoms with Gasteiger partial charge in [-0.1, -0.05) is 12.1 Å². The highest BCUT2D eigenvalue weighted by Gasteiger charge is 2.35. The molecule has 0 saturated heterocycles. The van der Waals surface area contributed by atoms with Crippen LogP contribution in [0, 0.1) is 13.8 Å². The van der Waals surface area contributed by atoms with E-state index in [2.05, 4.69) is 5.32 Å². The van der Waals surface area contributed by atoms with Crippen molar-refractivity contribution in [3.63, 3.8) is 0 Å². The maximum Gasteiger partial charge on any atom is 0.342 e. The number of para-hydroxylation sites is 1. The fourth-order valence-corrected chi connectivity index (χ4v) is 4.97. The van der Waals surface area contributed by atoms with Crippen molar-refractivity contribution in [2.24, 2.45) is 0 Å². The number of esters is 1. The molecule has 0 bridgehead atoms. The van der Waals surface area contributed by atoms with Crippen LogP contribution in [-0.4, -0.2) is 41.6 Å². The summed E-state index contributed by atoms with van der Waals surface area (Å²) < 4.78 is 43.3. The van der Waals surface area contributed by atoms with Gasteiger partial charge in [-0.15, -0.1) is 0 Å². The molecule has 33 heavy (non-hydrogen) atoms. The Labute approximate surface area is 192 Å². The Balaban J connectivity index is 2.01. The Hall–Kier alpha value is -3.79. The number of amides is 1. The Morgan fingerprint density at radius 3 is 2.21 bits per heavy atom. The summed E-state index contributed by atoms with van der Waals surface area (Å²) in [7, 11) is -0.288. The third-order valence-electron chi connectivity index (χ3n) is 5.05. The Morgan fingerprint density at radius 2 is 1.61 bits per heavy atom. The van der Waals surface area contributed by atoms with Gasteiger partial charge in [0.15, 0.2) is 0 Å². The molecule has 1 heterocycles. The highest BCUT2D eigenvalue weighted by atomic mass is 32.2. The number of aryl methyl sites for hydroxylation is 2. The lowest BCUT2D eigenvalue weighted by molar-refractivity contribution is 0.0594. The van der Waals surface area contributed by atoms with E-state index < -0.39 is 21.9 Å². The number of sulfonamides is 1. The fourth-order valence-electron chi connectivity index (χ4n) is 3.39. The van der Waals surface area contributed by atoms with Gasteiger partial charge in [-0.3, -0.25) is 9.10 Å². The molecule has 0 aliphatic carbocycles. The van der Waals surface area contributed by atoms with Gasteiger partial charge in [0.25, 0.3) is 15.9 Å². The van der Waals surface area contributed by atoms with Gasteiger partial charge in [0.1, 0.15) is 27.7 Å². The first-order valence-electron chi connectivity index (χ1n) is 9.83. The van der Waals surface area contributed by atoms with E-state index in [1.165, 1.54) is 40.1 Å². The second kappa shape index (κ2) is 9.37. The number of rotatable bonds is 7. The molecular formula is C23H24N2O7S. The zero-order valence-corrected chi connectivity index (χ0v) is 19.6. The molecule has 174 valence electrons. The van der Waals surface area contributed by atoms with Crippen LogP contribution in [0.15, 0.2) is 57.8 Å². The van der Waals surface area contributed by atoms with Crippen molar-refractivity contribution in [2.45, 2.75) is 18.7 Å². The summed E-state index contributed by atoms with van der Waals surface area (Å²) >= 11 is 0. The van der Waals surface area contributed by atoms with E-state index in [0.29, 0.717) is 11.4 Å². The van der Waals surface area contributed by atoms with Crippen LogP contribution in [0.4, 0.5) is 11.4 Å². The van der Waals surface area contributed by atoms with Crippen LogP contribution in [0.2, 0.25) is 0 Å². The van der Waals surface area contributed by atoms with Crippen molar-refractivity contribution in [1.29, 1.82) is 0 Å². The average Bonchev–Trinajstić information content (AvgIpc) is 3.12. The van der Waals surface area contributed by atoms with Crippen LogP contribution >= 0.6 is 0 Å². The number of nitrogens with zero attached hydrogens (tertiary/aromatic N) is 1. The van der Waals surface area contributed by atoms with Gasteiger partial charge in [0.2, 0.25) is 0 Å². The number of hydrogen-bond acceptors (Lipinski definition) is 7. The Kier molecular flexibility index (Phi) is 6.78. The van der Waals surface area contributed by atoms with E-state index in [-0.39, 0.29) is 33.2 Å². The van der Waals surface area contributed by atoms with E-state index in [1.807, 2.05) is 0 Å². The van der Waals surface area contributed by atoms with E-state index >= 15 is 0 Å². The van der Waals surface area contributed by atoms with Gasteiger partial charge in [-0.25, -0.2) is 13.2 Å². The lowest BCUT2D eigenvalue weighted by Crippen LogP contribution is -2.30. The molecule has 0 aliphatic rings. The molecule has 0 aliphatic heterocycles. The third kappa shape index (κ3) is 4.56. The Morgan fingerprint density at radius 1 is 0.970 bits per heavy atom. The second-order valence-corrected chi connectivity index (χ2v) is 8.99. The molecule has 0 radical (unpaired) electrons. The van der Waals surface area contributed by atoms with Crippen LogP contribution in [0.5, 0.6) is 5.75 Å². The number of anilines is 2. The van der Waals surface area contributed by atoms with Crippen molar-refractivity contribution >= 4 is 33.3 Å². The lowest BCUT2D eigenvalue weighted by Gasteiger charge is -2.22. The van der Waals surface area contributed by atoms with E-state index in [9.17, 15) is 18.0 Å². The SMILES string of the molecule is COC(=O)c1c(C)oc(C)c1S(=O)(=O)N(C)c1ccccc1C(=O)Nc1ccc(OC)cc1. The molecule has 0 unspecified atom stereocenters. The molecule has 3 aromatic rings. The number of carbonyl (C=O) groups excluding carboxylic acids is 2. The number of ether oxygens (including phenoxy) is 2. The van der Waals surface area contributed by atoms with Crippen molar-refractivity contribution in [1.82, 2.24) is 0 Å². The minimum absolute atomic E-state index is 0.0416. The van der Waals surface area contributed by atoms with Crippen LogP contribution in [0.25, 0.3) is 0 Å². The standard InChI is InChI=1S/C23H24N2O7S/c1-14-20(23(27)31-5)21(15(2)32-14)33(28,29)25(3)19-9-7-6-8-18(19)22(26)24-16-10-12-17(30-4)13-11-16/h6-13H,1-5H3,(H,24,26). The summed E-state index contributed by atoms with van der Waals surface area (Å²) in [5, 5.41) is 2.74. The number of carbonyl (C=O) groups is 2. The summed E-state index contributed by atoms with van der Waals surface area (Å²) in [6.45, 7) is 2.93. The lowest BCUT2D eigenvalue weighted by atomic mass is 10.1. The van der Waals surface area contributed by atoms with E-state index in [4.69, 9.17) is 13.9 Å². The molecule has 0 fully saturated rings. The quantitative estimate of drug-likeness (QED) is 0.521. The number of methoxy groups -OCH3 is 2. The summed E-state index contributed by atoms with van der Waals surface area (Å²) in [5.74, 6) is -0.545. The van der Waals surface area contributed by atoms with Crippen LogP contribution in [0.3, 0.4) is 0 Å². The first-order valence-corrected chi connectivity index (χ1v) is 11.3. The smallest absolute Gasteiger partial charge is 0.342 e. The van der Waals surface area contributed by atoms with Gasteiger partial charge in [0.05, 0.1) is 25.5 Å². The normalized spacial score (nSPS) is 11.1. The predicted octanol–water partition coefficient (Wildman–Crippen LogP) is 3.77. The van der Waals surface area contributed by atoms with Gasteiger partial charge in [-0.05, 0) is 50.2 Å². The molecule has 3 rings (SSSR count). The Bertz CT molecular complexity index is 1290. The summed E-state index contributed by atoms with van der Waals surface area (Å²) in [6, 6.07) is 13.0. The average molecular weight is 473 g/mol. The van der Waals surface area contributed by atoms with Crippen LogP contribution < -0.4 is 14.4 Å². The highest BCUT2D eigenvalue weighted by molar-refractivity contribution is 7.93. The van der Waals surface area contributed by atoms with Crippen molar-refractivity contribution in [2.75, 3.05) is 30.9 Å². The highest BCUT2D eigenvalue weighted by Crippen LogP contribution is 2.33. The topological polar surface area (TPSA) is 115 Å². The zero-order valence-electron chi connectivity index (χ0n) is 18.8. The van der Waals surface area contributed by atoms with E-state index in [0.717, 1.165) is 11.4 Å². The van der Waals surface area contributed by atoms with Gasteiger partial charge >= 0.3 is 5.97 Å². The minimum Gasteiger partial charge on any atom is -0.497 e. The van der Waals surface area contributed by atoms with Gasteiger partial charge in [-0.2, -0.15) is 0 Å². The fraction of sp³-hybridized carbons (Fsp3) is 0.217. The molecular weight excluding hydrogens is 448 g/mol. The molecule has 0 saturated carbocycles. The predicted molar refractivity (Wildman–Crippen MR) is 122 cm³/mol. The second-order valence-electron chi connectivity index (χ2n) is 7.08. The zero-order chi connectivity index (χ0) is 24.3. The molecule has 0 atom stereocenters. The summed E-state index contributed by atoms with van der Waals surface area (Å²) in [5.41, 5.74) is 0.576. The van der Waals surface area contributed by atoms with Gasteiger partial charge in [0, 0.05) is 12.7 Å². The minimum atomic E-state index is -4.28. The molecule has 1 aromatic heterocycles. The van der Waals surface area contributed by atoms with Crippen LogP contribution in [-0.2, 0) is 14.8 Å². The van der Waals surface area contributed by atoms with Crippen molar-refractivity contribution in [3.8, 4) is 5.75 Å². The summed E-state index contributed by atoms with van der Waals surface area (Å²) in [6.07, 6.45) is 0. The third-order valence-corrected chi connectivity index (χ3v) is 6.97. The first kappa shape index (κ1) is 23.9. The van der Waals surface area contributed by atoms with Gasteiger partial charge < -0.3 is 19.2 Å². The number of benzene rings is 2. The maximum atomic E-state index is 13.5. The molecule has 1 N–H and O–H groups in total. The number of nitrogens with one attached hydrogen (secondary N) is 1. The molecule has 9 nitrogen and oxygen atoms in total. The largest absolute Gasteiger partial charge is 0.497 e. The van der Waals surface area contributed by atoms with Crippen molar-refractivity contribution < 1.29 is 31.9 Å². The molecule has 0 spiro atoms. The van der Waals surface area contributed by atoms with Crippen LogP contribution in [0.1, 0.15) is 32.2 Å². The number of hydrogen-bond donors (Lipinski definition) is 1. The number of furan rings is 1. The monoisotopic (exact) mass is 472 g/mol. The molecule has 1 amide bonds.